The minimum atomic E-state index is -0.00630. The molecule has 2 aromatic heterocycles. The first-order chi connectivity index (χ1) is 10.0. The maximum absolute atomic E-state index is 11.6. The minimum Gasteiger partial charge on any atom is -0.369 e. The molecule has 114 valence electrons. The average Bonchev–Trinajstić information content (AvgIpc) is 2.71. The Morgan fingerprint density at radius 3 is 2.71 bits per heavy atom. The fourth-order valence-corrected chi connectivity index (χ4v) is 3.15. The highest BCUT2D eigenvalue weighted by atomic mass is 32.1. The molecule has 0 aliphatic rings. The van der Waals surface area contributed by atoms with Gasteiger partial charge in [-0.25, -0.2) is 9.97 Å². The third-order valence-electron chi connectivity index (χ3n) is 3.25. The predicted molar refractivity (Wildman–Crippen MR) is 86.8 cm³/mol. The van der Waals surface area contributed by atoms with Crippen LogP contribution in [-0.4, -0.2) is 35.5 Å². The first-order valence-corrected chi connectivity index (χ1v) is 7.79. The van der Waals surface area contributed by atoms with Crippen LogP contribution in [0.3, 0.4) is 0 Å². The maximum atomic E-state index is 11.6. The zero-order valence-corrected chi connectivity index (χ0v) is 13.4. The van der Waals surface area contributed by atoms with E-state index in [0.29, 0.717) is 26.1 Å². The van der Waals surface area contributed by atoms with Gasteiger partial charge in [-0.3, -0.25) is 4.79 Å². The number of rotatable bonds is 6. The molecule has 0 spiro atoms. The summed E-state index contributed by atoms with van der Waals surface area (Å²) < 4.78 is 0. The van der Waals surface area contributed by atoms with Gasteiger partial charge >= 0.3 is 0 Å². The van der Waals surface area contributed by atoms with E-state index in [1.165, 1.54) is 10.4 Å². The monoisotopic (exact) mass is 307 g/mol. The first kappa shape index (κ1) is 15.7. The topological polar surface area (TPSA) is 92.9 Å². The van der Waals surface area contributed by atoms with Gasteiger partial charge in [0.1, 0.15) is 16.5 Å². The quantitative estimate of drug-likeness (QED) is 0.752. The van der Waals surface area contributed by atoms with Gasteiger partial charge in [-0.1, -0.05) is 0 Å². The summed E-state index contributed by atoms with van der Waals surface area (Å²) in [6.07, 6.45) is 0.396. The molecule has 0 saturated carbocycles. The van der Waals surface area contributed by atoms with E-state index < -0.39 is 0 Å². The third kappa shape index (κ3) is 3.68. The fraction of sp³-hybridized carbons (Fsp3) is 0.500. The van der Waals surface area contributed by atoms with Gasteiger partial charge in [0.05, 0.1) is 5.39 Å². The van der Waals surface area contributed by atoms with Gasteiger partial charge in [-0.05, 0) is 26.3 Å². The summed E-state index contributed by atoms with van der Waals surface area (Å²) in [6.45, 7) is 7.54. The SMILES string of the molecule is Cc1nc(NCCC(=O)NCCN)c2c(C)c(C)sc2n1. The molecule has 0 aliphatic heterocycles. The number of nitrogens with two attached hydrogens (primary N) is 1. The number of nitrogens with one attached hydrogen (secondary N) is 2. The molecule has 0 bridgehead atoms. The number of aryl methyl sites for hydroxylation is 3. The Bertz CT molecular complexity index is 652. The number of carbonyl (C=O) groups excluding carboxylic acids is 1. The molecule has 0 radical (unpaired) electrons. The van der Waals surface area contributed by atoms with Crippen molar-refractivity contribution in [2.45, 2.75) is 27.2 Å². The van der Waals surface area contributed by atoms with E-state index >= 15 is 0 Å². The largest absolute Gasteiger partial charge is 0.369 e. The molecule has 2 heterocycles. The number of hydrogen-bond acceptors (Lipinski definition) is 6. The molecule has 2 aromatic rings. The molecule has 2 rings (SSSR count). The molecule has 0 aromatic carbocycles. The van der Waals surface area contributed by atoms with Crippen LogP contribution in [0.5, 0.6) is 0 Å². The van der Waals surface area contributed by atoms with Crippen LogP contribution < -0.4 is 16.4 Å². The summed E-state index contributed by atoms with van der Waals surface area (Å²) in [4.78, 5) is 22.7. The van der Waals surface area contributed by atoms with Gasteiger partial charge in [-0.2, -0.15) is 0 Å². The van der Waals surface area contributed by atoms with Gasteiger partial charge in [0.25, 0.3) is 0 Å². The highest BCUT2D eigenvalue weighted by Crippen LogP contribution is 2.33. The van der Waals surface area contributed by atoms with E-state index in [4.69, 9.17) is 5.73 Å². The van der Waals surface area contributed by atoms with Gasteiger partial charge < -0.3 is 16.4 Å². The Balaban J connectivity index is 2.09. The van der Waals surface area contributed by atoms with Gasteiger partial charge in [0, 0.05) is 30.9 Å². The number of hydrogen-bond donors (Lipinski definition) is 3. The van der Waals surface area contributed by atoms with E-state index in [1.54, 1.807) is 11.3 Å². The number of carbonyl (C=O) groups is 1. The maximum Gasteiger partial charge on any atom is 0.221 e. The average molecular weight is 307 g/mol. The molecule has 0 saturated heterocycles. The normalized spacial score (nSPS) is 10.9. The van der Waals surface area contributed by atoms with Crippen LogP contribution in [-0.2, 0) is 4.79 Å². The second-order valence-electron chi connectivity index (χ2n) is 4.90. The summed E-state index contributed by atoms with van der Waals surface area (Å²) in [5.41, 5.74) is 6.55. The number of aromatic nitrogens is 2. The van der Waals surface area contributed by atoms with Crippen LogP contribution in [0.25, 0.3) is 10.2 Å². The Morgan fingerprint density at radius 1 is 1.24 bits per heavy atom. The molecular weight excluding hydrogens is 286 g/mol. The van der Waals surface area contributed by atoms with Crippen LogP contribution >= 0.6 is 11.3 Å². The van der Waals surface area contributed by atoms with Crippen LogP contribution in [0.15, 0.2) is 0 Å². The number of fused-ring (bicyclic) bond motifs is 1. The molecule has 4 N–H and O–H groups in total. The van der Waals surface area contributed by atoms with E-state index in [2.05, 4.69) is 34.4 Å². The Hall–Kier alpha value is -1.73. The standard InChI is InChI=1S/C14H21N5OS/c1-8-9(2)21-14-12(8)13(18-10(3)19-14)17-6-4-11(20)16-7-5-15/h4-7,15H2,1-3H3,(H,16,20)(H,17,18,19). The smallest absolute Gasteiger partial charge is 0.221 e. The summed E-state index contributed by atoms with van der Waals surface area (Å²) in [5, 5.41) is 7.06. The lowest BCUT2D eigenvalue weighted by Gasteiger charge is -2.08. The minimum absolute atomic E-state index is 0.00630. The lowest BCUT2D eigenvalue weighted by molar-refractivity contribution is -0.120. The van der Waals surface area contributed by atoms with Crippen LogP contribution in [0, 0.1) is 20.8 Å². The van der Waals surface area contributed by atoms with Crippen molar-refractivity contribution in [2.75, 3.05) is 25.0 Å². The van der Waals surface area contributed by atoms with Crippen molar-refractivity contribution in [3.63, 3.8) is 0 Å². The van der Waals surface area contributed by atoms with Gasteiger partial charge in [0.15, 0.2) is 0 Å². The molecule has 0 unspecified atom stereocenters. The molecule has 6 nitrogen and oxygen atoms in total. The molecule has 7 heteroatoms. The highest BCUT2D eigenvalue weighted by molar-refractivity contribution is 7.18. The summed E-state index contributed by atoms with van der Waals surface area (Å²) >= 11 is 1.67. The van der Waals surface area contributed by atoms with Gasteiger partial charge in [-0.15, -0.1) is 11.3 Å². The van der Waals surface area contributed by atoms with E-state index in [9.17, 15) is 4.79 Å². The zero-order chi connectivity index (χ0) is 15.4. The van der Waals surface area contributed by atoms with Crippen LogP contribution in [0.1, 0.15) is 22.7 Å². The predicted octanol–water partition coefficient (Wildman–Crippen LogP) is 1.49. The van der Waals surface area contributed by atoms with Crippen molar-refractivity contribution in [1.29, 1.82) is 0 Å². The summed E-state index contributed by atoms with van der Waals surface area (Å²) in [5.74, 6) is 1.54. The molecule has 0 aliphatic carbocycles. The molecule has 0 fully saturated rings. The van der Waals surface area contributed by atoms with E-state index in [-0.39, 0.29) is 5.91 Å². The highest BCUT2D eigenvalue weighted by Gasteiger charge is 2.13. The molecular formula is C14H21N5OS. The summed E-state index contributed by atoms with van der Waals surface area (Å²) in [6, 6.07) is 0. The van der Waals surface area contributed by atoms with E-state index in [0.717, 1.165) is 21.9 Å². The van der Waals surface area contributed by atoms with Crippen LogP contribution in [0.2, 0.25) is 0 Å². The van der Waals surface area contributed by atoms with Crippen molar-refractivity contribution in [3.8, 4) is 0 Å². The van der Waals surface area contributed by atoms with Crippen molar-refractivity contribution >= 4 is 33.3 Å². The Morgan fingerprint density at radius 2 is 2.00 bits per heavy atom. The Kier molecular flexibility index (Phi) is 5.08. The molecule has 0 atom stereocenters. The summed E-state index contributed by atoms with van der Waals surface area (Å²) in [7, 11) is 0. The second kappa shape index (κ2) is 6.82. The van der Waals surface area contributed by atoms with E-state index in [1.807, 2.05) is 6.92 Å². The van der Waals surface area contributed by atoms with Crippen LogP contribution in [0.4, 0.5) is 5.82 Å². The van der Waals surface area contributed by atoms with Crippen molar-refractivity contribution in [2.24, 2.45) is 5.73 Å². The number of amides is 1. The molecule has 21 heavy (non-hydrogen) atoms. The van der Waals surface area contributed by atoms with Gasteiger partial charge in [0.2, 0.25) is 5.91 Å². The lowest BCUT2D eigenvalue weighted by Crippen LogP contribution is -2.30. The lowest BCUT2D eigenvalue weighted by atomic mass is 10.2. The number of anilines is 1. The number of nitrogens with zero attached hydrogens (tertiary/aromatic N) is 2. The number of thiophene rings is 1. The zero-order valence-electron chi connectivity index (χ0n) is 12.6. The third-order valence-corrected chi connectivity index (χ3v) is 4.35. The van der Waals surface area contributed by atoms with Crippen molar-refractivity contribution < 1.29 is 4.79 Å². The Labute approximate surface area is 128 Å². The first-order valence-electron chi connectivity index (χ1n) is 6.98. The molecule has 1 amide bonds. The van der Waals surface area contributed by atoms with Crippen molar-refractivity contribution in [3.05, 3.63) is 16.3 Å². The second-order valence-corrected chi connectivity index (χ2v) is 6.10. The van der Waals surface area contributed by atoms with Crippen molar-refractivity contribution in [1.82, 2.24) is 15.3 Å². The fourth-order valence-electron chi connectivity index (χ4n) is 2.08.